The highest BCUT2D eigenvalue weighted by Crippen LogP contribution is 2.36. The number of halogens is 6. The van der Waals surface area contributed by atoms with Gasteiger partial charge in [-0.1, -0.05) is 11.6 Å². The molecule has 6 heteroatoms. The van der Waals surface area contributed by atoms with Gasteiger partial charge in [0.25, 0.3) is 0 Å². The summed E-state index contributed by atoms with van der Waals surface area (Å²) < 4.78 is 74.0. The third-order valence-corrected chi connectivity index (χ3v) is 2.05. The highest BCUT2D eigenvalue weighted by Gasteiger charge is 2.38. The van der Waals surface area contributed by atoms with E-state index in [0.717, 1.165) is 6.08 Å². The van der Waals surface area contributed by atoms with Crippen LogP contribution >= 0.6 is 0 Å². The van der Waals surface area contributed by atoms with Gasteiger partial charge in [0.05, 0.1) is 5.57 Å². The fourth-order valence-corrected chi connectivity index (χ4v) is 1.22. The molecule has 0 atom stereocenters. The molecule has 0 amide bonds. The first-order chi connectivity index (χ1) is 7.10. The summed E-state index contributed by atoms with van der Waals surface area (Å²) >= 11 is 0. The molecule has 1 aliphatic rings. The van der Waals surface area contributed by atoms with Crippen molar-refractivity contribution in [1.29, 1.82) is 0 Å². The second-order valence-electron chi connectivity index (χ2n) is 3.42. The molecule has 0 unspecified atom stereocenters. The first-order valence-corrected chi connectivity index (χ1v) is 4.34. The van der Waals surface area contributed by atoms with Gasteiger partial charge in [-0.25, -0.2) is 0 Å². The van der Waals surface area contributed by atoms with E-state index >= 15 is 0 Å². The maximum atomic E-state index is 12.3. The highest BCUT2D eigenvalue weighted by molar-refractivity contribution is 5.39. The van der Waals surface area contributed by atoms with Crippen LogP contribution in [0.15, 0.2) is 34.9 Å². The molecule has 0 aromatic heterocycles. The molecule has 0 aromatic rings. The molecule has 0 saturated heterocycles. The largest absolute Gasteiger partial charge is 0.416 e. The van der Waals surface area contributed by atoms with Crippen molar-refractivity contribution >= 4 is 0 Å². The van der Waals surface area contributed by atoms with Crippen LogP contribution in [0.25, 0.3) is 0 Å². The van der Waals surface area contributed by atoms with Gasteiger partial charge < -0.3 is 0 Å². The topological polar surface area (TPSA) is 0 Å². The Balaban J connectivity index is 3.20. The van der Waals surface area contributed by atoms with E-state index in [4.69, 9.17) is 0 Å². The predicted molar refractivity (Wildman–Crippen MR) is 46.7 cm³/mol. The number of alkyl halides is 6. The standard InChI is InChI=1S/C10H8F6/c1-6-2-3-7(9(11,12)13)5-8(4-6)10(14,15)16/h2,4-5H,3H2,1H3. The Morgan fingerprint density at radius 2 is 1.50 bits per heavy atom. The summed E-state index contributed by atoms with van der Waals surface area (Å²) in [5.41, 5.74) is -2.29. The molecule has 0 heterocycles. The number of allylic oxidation sites excluding steroid dienone is 6. The van der Waals surface area contributed by atoms with Gasteiger partial charge >= 0.3 is 12.4 Å². The second kappa shape index (κ2) is 3.99. The highest BCUT2D eigenvalue weighted by atomic mass is 19.4. The summed E-state index contributed by atoms with van der Waals surface area (Å²) in [6.07, 6.45) is -8.05. The summed E-state index contributed by atoms with van der Waals surface area (Å²) in [5.74, 6) is 0. The first kappa shape index (κ1) is 12.9. The van der Waals surface area contributed by atoms with Crippen LogP contribution in [0.4, 0.5) is 26.3 Å². The van der Waals surface area contributed by atoms with Gasteiger partial charge in [0.15, 0.2) is 0 Å². The van der Waals surface area contributed by atoms with E-state index in [1.807, 2.05) is 0 Å². The van der Waals surface area contributed by atoms with E-state index in [0.29, 0.717) is 6.08 Å². The van der Waals surface area contributed by atoms with E-state index in [1.54, 1.807) is 0 Å². The van der Waals surface area contributed by atoms with Crippen LogP contribution in [0.2, 0.25) is 0 Å². The van der Waals surface area contributed by atoms with Crippen LogP contribution < -0.4 is 0 Å². The Kier molecular flexibility index (Phi) is 3.21. The molecule has 0 nitrogen and oxygen atoms in total. The summed E-state index contributed by atoms with van der Waals surface area (Å²) in [7, 11) is 0. The van der Waals surface area contributed by atoms with Gasteiger partial charge in [0.1, 0.15) is 0 Å². The molecule has 0 aromatic carbocycles. The lowest BCUT2D eigenvalue weighted by molar-refractivity contribution is -0.0963. The summed E-state index contributed by atoms with van der Waals surface area (Å²) in [4.78, 5) is 0. The zero-order valence-electron chi connectivity index (χ0n) is 8.21. The monoisotopic (exact) mass is 242 g/mol. The molecule has 90 valence electrons. The average Bonchev–Trinajstić information content (AvgIpc) is 2.24. The zero-order valence-corrected chi connectivity index (χ0v) is 8.21. The van der Waals surface area contributed by atoms with Gasteiger partial charge in [0, 0.05) is 5.57 Å². The molecule has 0 spiro atoms. The van der Waals surface area contributed by atoms with Crippen LogP contribution in [0.1, 0.15) is 13.3 Å². The molecular weight excluding hydrogens is 234 g/mol. The molecule has 0 radical (unpaired) electrons. The molecule has 0 N–H and O–H groups in total. The third kappa shape index (κ3) is 3.15. The van der Waals surface area contributed by atoms with E-state index < -0.39 is 29.9 Å². The van der Waals surface area contributed by atoms with Gasteiger partial charge in [0.2, 0.25) is 0 Å². The molecule has 16 heavy (non-hydrogen) atoms. The molecule has 1 aliphatic carbocycles. The van der Waals surface area contributed by atoms with Crippen molar-refractivity contribution in [2.45, 2.75) is 25.7 Å². The molecule has 1 rings (SSSR count). The van der Waals surface area contributed by atoms with Crippen molar-refractivity contribution in [3.63, 3.8) is 0 Å². The van der Waals surface area contributed by atoms with E-state index in [-0.39, 0.29) is 11.6 Å². The minimum Gasteiger partial charge on any atom is -0.166 e. The van der Waals surface area contributed by atoms with Crippen molar-refractivity contribution in [3.8, 4) is 0 Å². The minimum atomic E-state index is -4.77. The Hall–Kier alpha value is -1.20. The number of hydrogen-bond acceptors (Lipinski definition) is 0. The SMILES string of the molecule is CC1=CCC(C(F)(F)F)=CC(C(F)(F)F)=C1. The van der Waals surface area contributed by atoms with Gasteiger partial charge in [-0.2, -0.15) is 26.3 Å². The third-order valence-electron chi connectivity index (χ3n) is 2.05. The van der Waals surface area contributed by atoms with Gasteiger partial charge in [-0.3, -0.25) is 0 Å². The van der Waals surface area contributed by atoms with Crippen LogP contribution in [-0.4, -0.2) is 12.4 Å². The van der Waals surface area contributed by atoms with Crippen LogP contribution in [0, 0.1) is 0 Å². The fraction of sp³-hybridized carbons (Fsp3) is 0.400. The maximum Gasteiger partial charge on any atom is 0.416 e. The normalized spacial score (nSPS) is 18.6. The van der Waals surface area contributed by atoms with Crippen molar-refractivity contribution in [2.75, 3.05) is 0 Å². The Labute approximate surface area is 87.9 Å². The Morgan fingerprint density at radius 3 is 1.94 bits per heavy atom. The van der Waals surface area contributed by atoms with E-state index in [9.17, 15) is 26.3 Å². The lowest BCUT2D eigenvalue weighted by Crippen LogP contribution is -2.15. The molecule has 0 aliphatic heterocycles. The van der Waals surface area contributed by atoms with Crippen LogP contribution in [-0.2, 0) is 0 Å². The zero-order chi connectivity index (χ0) is 12.6. The Morgan fingerprint density at radius 1 is 0.938 bits per heavy atom. The molecule has 0 fully saturated rings. The molecule has 0 saturated carbocycles. The van der Waals surface area contributed by atoms with Gasteiger partial charge in [-0.15, -0.1) is 0 Å². The fourth-order valence-electron chi connectivity index (χ4n) is 1.22. The lowest BCUT2D eigenvalue weighted by atomic mass is 10.1. The van der Waals surface area contributed by atoms with Crippen LogP contribution in [0.5, 0.6) is 0 Å². The maximum absolute atomic E-state index is 12.3. The smallest absolute Gasteiger partial charge is 0.166 e. The summed E-state index contributed by atoms with van der Waals surface area (Å²) in [6.45, 7) is 1.33. The minimum absolute atomic E-state index is 0.160. The number of hydrogen-bond donors (Lipinski definition) is 0. The first-order valence-electron chi connectivity index (χ1n) is 4.34. The second-order valence-corrected chi connectivity index (χ2v) is 3.42. The van der Waals surface area contributed by atoms with Crippen molar-refractivity contribution in [2.24, 2.45) is 0 Å². The van der Waals surface area contributed by atoms with Gasteiger partial charge in [-0.05, 0) is 25.5 Å². The van der Waals surface area contributed by atoms with E-state index in [1.165, 1.54) is 6.92 Å². The molecular formula is C10H8F6. The number of rotatable bonds is 0. The summed E-state index contributed by atoms with van der Waals surface area (Å²) in [5, 5.41) is 0. The quantitative estimate of drug-likeness (QED) is 0.555. The molecule has 0 bridgehead atoms. The average molecular weight is 242 g/mol. The summed E-state index contributed by atoms with van der Waals surface area (Å²) in [6, 6.07) is 0. The van der Waals surface area contributed by atoms with Crippen molar-refractivity contribution in [1.82, 2.24) is 0 Å². The van der Waals surface area contributed by atoms with E-state index in [2.05, 4.69) is 0 Å². The van der Waals surface area contributed by atoms with Crippen LogP contribution in [0.3, 0.4) is 0 Å². The predicted octanol–water partition coefficient (Wildman–Crippen LogP) is 4.31. The lowest BCUT2D eigenvalue weighted by Gasteiger charge is -2.11. The Bertz CT molecular complexity index is 364. The van der Waals surface area contributed by atoms with Crippen molar-refractivity contribution in [3.05, 3.63) is 34.9 Å². The van der Waals surface area contributed by atoms with Crippen molar-refractivity contribution < 1.29 is 26.3 Å².